The summed E-state index contributed by atoms with van der Waals surface area (Å²) in [5.41, 5.74) is -0.0399. The van der Waals surface area contributed by atoms with E-state index >= 15 is 0 Å². The highest BCUT2D eigenvalue weighted by molar-refractivity contribution is 5.91. The molecule has 0 bridgehead atoms. The van der Waals surface area contributed by atoms with E-state index in [1.807, 2.05) is 0 Å². The van der Waals surface area contributed by atoms with Crippen LogP contribution in [0.1, 0.15) is 26.7 Å². The summed E-state index contributed by atoms with van der Waals surface area (Å²) in [6, 6.07) is 0.399. The maximum absolute atomic E-state index is 11.6. The molecule has 1 N–H and O–H groups in total. The maximum Gasteiger partial charge on any atom is 0.228 e. The molecule has 3 fully saturated rings. The molecule has 1 amide bonds. The van der Waals surface area contributed by atoms with Crippen LogP contribution in [0.5, 0.6) is 0 Å². The number of fused-ring (bicyclic) bond motifs is 1. The summed E-state index contributed by atoms with van der Waals surface area (Å²) in [5, 5.41) is 3.02. The second-order valence-corrected chi connectivity index (χ2v) is 4.97. The zero-order chi connectivity index (χ0) is 9.22. The van der Waals surface area contributed by atoms with E-state index in [-0.39, 0.29) is 11.3 Å². The molecule has 2 aliphatic heterocycles. The Morgan fingerprint density at radius 3 is 2.54 bits per heavy atom. The van der Waals surface area contributed by atoms with Gasteiger partial charge in [-0.15, -0.1) is 0 Å². The molecule has 13 heavy (non-hydrogen) atoms. The summed E-state index contributed by atoms with van der Waals surface area (Å²) in [7, 11) is 0. The molecule has 2 heterocycles. The highest BCUT2D eigenvalue weighted by Crippen LogP contribution is 2.56. The highest BCUT2D eigenvalue weighted by atomic mass is 16.6. The van der Waals surface area contributed by atoms with Gasteiger partial charge in [0.2, 0.25) is 5.91 Å². The third-order valence-electron chi connectivity index (χ3n) is 3.82. The van der Waals surface area contributed by atoms with Crippen molar-refractivity contribution in [2.45, 2.75) is 44.9 Å². The van der Waals surface area contributed by atoms with Crippen LogP contribution in [0.3, 0.4) is 0 Å². The number of hydrogen-bond donors (Lipinski definition) is 1. The fourth-order valence-electron chi connectivity index (χ4n) is 3.07. The van der Waals surface area contributed by atoms with Crippen molar-refractivity contribution in [2.24, 2.45) is 11.3 Å². The van der Waals surface area contributed by atoms with Crippen molar-refractivity contribution in [3.8, 4) is 0 Å². The minimum Gasteiger partial charge on any atom is -0.370 e. The summed E-state index contributed by atoms with van der Waals surface area (Å²) in [6.07, 6.45) is 2.75. The predicted molar refractivity (Wildman–Crippen MR) is 47.1 cm³/mol. The van der Waals surface area contributed by atoms with Gasteiger partial charge in [-0.05, 0) is 18.8 Å². The van der Waals surface area contributed by atoms with E-state index < -0.39 is 0 Å². The first kappa shape index (κ1) is 7.80. The van der Waals surface area contributed by atoms with Gasteiger partial charge in [0, 0.05) is 6.04 Å². The molecule has 0 aromatic carbocycles. The Bertz CT molecular complexity index is 264. The summed E-state index contributed by atoms with van der Waals surface area (Å²) < 4.78 is 5.38. The Morgan fingerprint density at radius 2 is 2.08 bits per heavy atom. The molecular weight excluding hydrogens is 166 g/mol. The molecule has 3 rings (SSSR count). The lowest BCUT2D eigenvalue weighted by molar-refractivity contribution is -0.150. The van der Waals surface area contributed by atoms with E-state index in [0.717, 1.165) is 12.8 Å². The zero-order valence-corrected chi connectivity index (χ0v) is 8.04. The molecule has 1 spiro atoms. The number of nitrogens with one attached hydrogen (secondary N) is 1. The highest BCUT2D eigenvalue weighted by Gasteiger charge is 2.67. The lowest BCUT2D eigenvalue weighted by Crippen LogP contribution is -2.68. The Labute approximate surface area is 77.8 Å². The summed E-state index contributed by atoms with van der Waals surface area (Å²) in [6.45, 7) is 4.35. The van der Waals surface area contributed by atoms with Gasteiger partial charge in [0.1, 0.15) is 0 Å². The van der Waals surface area contributed by atoms with Gasteiger partial charge >= 0.3 is 0 Å². The largest absolute Gasteiger partial charge is 0.370 e. The molecule has 0 aromatic heterocycles. The Hall–Kier alpha value is -0.570. The molecule has 3 heteroatoms. The average Bonchev–Trinajstić information content (AvgIpc) is 2.69. The Balaban J connectivity index is 1.84. The lowest BCUT2D eigenvalue weighted by atomic mass is 9.66. The van der Waals surface area contributed by atoms with E-state index in [0.29, 0.717) is 24.2 Å². The number of rotatable bonds is 1. The molecule has 0 aromatic rings. The normalized spacial score (nSPS) is 51.9. The number of hydrogen-bond acceptors (Lipinski definition) is 2. The molecule has 4 atom stereocenters. The summed E-state index contributed by atoms with van der Waals surface area (Å²) >= 11 is 0. The van der Waals surface area contributed by atoms with Crippen LogP contribution in [0.25, 0.3) is 0 Å². The topological polar surface area (TPSA) is 41.6 Å². The standard InChI is InChI=1S/C10H15NO2/c1-5(2)8-10(9(12)11-8)3-6-7(4-10)13-6/h5-8H,3-4H2,1-2H3,(H,11,12)/t6-,7+,8-,10?/m1/s1. The van der Waals surface area contributed by atoms with Gasteiger partial charge in [0.25, 0.3) is 0 Å². The van der Waals surface area contributed by atoms with E-state index in [1.54, 1.807) is 0 Å². The molecule has 1 saturated carbocycles. The van der Waals surface area contributed by atoms with Gasteiger partial charge in [-0.3, -0.25) is 4.79 Å². The van der Waals surface area contributed by atoms with Crippen LogP contribution in [0.15, 0.2) is 0 Å². The summed E-state index contributed by atoms with van der Waals surface area (Å²) in [4.78, 5) is 11.6. The van der Waals surface area contributed by atoms with Gasteiger partial charge in [-0.1, -0.05) is 13.8 Å². The maximum atomic E-state index is 11.6. The lowest BCUT2D eigenvalue weighted by Gasteiger charge is -2.49. The van der Waals surface area contributed by atoms with Gasteiger partial charge < -0.3 is 10.1 Å². The molecule has 1 unspecified atom stereocenters. The number of ether oxygens (including phenoxy) is 1. The molecule has 3 aliphatic rings. The number of carbonyl (C=O) groups is 1. The zero-order valence-electron chi connectivity index (χ0n) is 8.04. The van der Waals surface area contributed by atoms with E-state index in [9.17, 15) is 4.79 Å². The molecule has 1 aliphatic carbocycles. The van der Waals surface area contributed by atoms with Crippen LogP contribution in [-0.2, 0) is 9.53 Å². The average molecular weight is 181 g/mol. The molecule has 72 valence electrons. The van der Waals surface area contributed by atoms with Crippen molar-refractivity contribution in [3.63, 3.8) is 0 Å². The first-order chi connectivity index (χ1) is 6.13. The van der Waals surface area contributed by atoms with Crippen LogP contribution >= 0.6 is 0 Å². The second-order valence-electron chi connectivity index (χ2n) is 4.97. The van der Waals surface area contributed by atoms with Gasteiger partial charge in [-0.2, -0.15) is 0 Å². The van der Waals surface area contributed by atoms with E-state index in [1.165, 1.54) is 0 Å². The Kier molecular flexibility index (Phi) is 1.25. The third-order valence-corrected chi connectivity index (χ3v) is 3.82. The van der Waals surface area contributed by atoms with Gasteiger partial charge in [0.05, 0.1) is 17.6 Å². The van der Waals surface area contributed by atoms with Crippen molar-refractivity contribution in [1.29, 1.82) is 0 Å². The van der Waals surface area contributed by atoms with E-state index in [4.69, 9.17) is 4.74 Å². The molecule has 0 radical (unpaired) electrons. The van der Waals surface area contributed by atoms with Crippen LogP contribution in [0, 0.1) is 11.3 Å². The van der Waals surface area contributed by atoms with Crippen LogP contribution in [0.2, 0.25) is 0 Å². The van der Waals surface area contributed by atoms with Crippen LogP contribution in [-0.4, -0.2) is 24.2 Å². The van der Waals surface area contributed by atoms with Crippen molar-refractivity contribution in [3.05, 3.63) is 0 Å². The van der Waals surface area contributed by atoms with Crippen molar-refractivity contribution in [2.75, 3.05) is 0 Å². The van der Waals surface area contributed by atoms with Crippen LogP contribution in [0.4, 0.5) is 0 Å². The number of epoxide rings is 1. The third kappa shape index (κ3) is 0.810. The fraction of sp³-hybridized carbons (Fsp3) is 0.900. The smallest absolute Gasteiger partial charge is 0.228 e. The fourth-order valence-corrected chi connectivity index (χ4v) is 3.07. The minimum atomic E-state index is -0.0399. The monoisotopic (exact) mass is 181 g/mol. The molecule has 2 saturated heterocycles. The van der Waals surface area contributed by atoms with Gasteiger partial charge in [-0.25, -0.2) is 0 Å². The first-order valence-corrected chi connectivity index (χ1v) is 5.10. The number of β-lactam (4-membered cyclic amide) rings is 1. The van der Waals surface area contributed by atoms with Crippen molar-refractivity contribution in [1.82, 2.24) is 5.32 Å². The summed E-state index contributed by atoms with van der Waals surface area (Å²) in [5.74, 6) is 0.817. The molecule has 3 nitrogen and oxygen atoms in total. The SMILES string of the molecule is CC(C)[C@H]1NC(=O)C12C[C@@H]1O[C@@H]1C2. The predicted octanol–water partition coefficient (Wildman–Crippen LogP) is 0.688. The van der Waals surface area contributed by atoms with Crippen molar-refractivity contribution < 1.29 is 9.53 Å². The van der Waals surface area contributed by atoms with Crippen molar-refractivity contribution >= 4 is 5.91 Å². The van der Waals surface area contributed by atoms with Crippen LogP contribution < -0.4 is 5.32 Å². The number of amides is 1. The second kappa shape index (κ2) is 2.08. The van der Waals surface area contributed by atoms with E-state index in [2.05, 4.69) is 19.2 Å². The minimum absolute atomic E-state index is 0.0399. The Morgan fingerprint density at radius 1 is 1.46 bits per heavy atom. The first-order valence-electron chi connectivity index (χ1n) is 5.10. The van der Waals surface area contributed by atoms with Gasteiger partial charge in [0.15, 0.2) is 0 Å². The number of carbonyl (C=O) groups excluding carboxylic acids is 1. The molecular formula is C10H15NO2. The quantitative estimate of drug-likeness (QED) is 0.477.